The predicted molar refractivity (Wildman–Crippen MR) is 73.7 cm³/mol. The van der Waals surface area contributed by atoms with Crippen LogP contribution in [-0.2, 0) is 13.0 Å². The highest BCUT2D eigenvalue weighted by atomic mass is 16.7. The number of aromatic amines is 1. The Morgan fingerprint density at radius 2 is 2.35 bits per heavy atom. The number of nitrogens with one attached hydrogen (secondary N) is 2. The van der Waals surface area contributed by atoms with Crippen molar-refractivity contribution in [2.45, 2.75) is 31.8 Å². The van der Waals surface area contributed by atoms with Crippen molar-refractivity contribution in [2.75, 3.05) is 6.79 Å². The molecule has 2 N–H and O–H groups in total. The van der Waals surface area contributed by atoms with Crippen LogP contribution in [0.1, 0.15) is 35.7 Å². The van der Waals surface area contributed by atoms with Crippen LogP contribution in [0.3, 0.4) is 0 Å². The van der Waals surface area contributed by atoms with Crippen LogP contribution in [0.15, 0.2) is 24.4 Å². The minimum absolute atomic E-state index is 0.320. The van der Waals surface area contributed by atoms with Crippen LogP contribution in [0.25, 0.3) is 0 Å². The Morgan fingerprint density at radius 1 is 1.35 bits per heavy atom. The number of hydrogen-bond donors (Lipinski definition) is 2. The quantitative estimate of drug-likeness (QED) is 0.899. The van der Waals surface area contributed by atoms with E-state index < -0.39 is 0 Å². The van der Waals surface area contributed by atoms with E-state index in [0.29, 0.717) is 12.8 Å². The van der Waals surface area contributed by atoms with E-state index in [2.05, 4.69) is 21.6 Å². The molecular formula is C15H17N3O2. The lowest BCUT2D eigenvalue weighted by molar-refractivity contribution is 0.173. The number of fused-ring (bicyclic) bond motifs is 2. The number of rotatable bonds is 3. The van der Waals surface area contributed by atoms with Crippen LogP contribution >= 0.6 is 0 Å². The van der Waals surface area contributed by atoms with Gasteiger partial charge in [0.05, 0.1) is 11.9 Å². The summed E-state index contributed by atoms with van der Waals surface area (Å²) in [5.41, 5.74) is 3.72. The first kappa shape index (κ1) is 11.8. The number of nitrogens with zero attached hydrogens (tertiary/aromatic N) is 1. The van der Waals surface area contributed by atoms with Crippen molar-refractivity contribution in [1.29, 1.82) is 0 Å². The molecule has 4 rings (SSSR count). The summed E-state index contributed by atoms with van der Waals surface area (Å²) in [6.45, 7) is 1.09. The van der Waals surface area contributed by atoms with Gasteiger partial charge in [0.2, 0.25) is 6.79 Å². The van der Waals surface area contributed by atoms with E-state index in [-0.39, 0.29) is 0 Å². The molecule has 0 fully saturated rings. The van der Waals surface area contributed by atoms with Crippen molar-refractivity contribution in [1.82, 2.24) is 15.5 Å². The van der Waals surface area contributed by atoms with Gasteiger partial charge in [-0.3, -0.25) is 5.10 Å². The van der Waals surface area contributed by atoms with Crippen LogP contribution in [0, 0.1) is 0 Å². The molecule has 1 aromatic heterocycles. The van der Waals surface area contributed by atoms with Gasteiger partial charge < -0.3 is 14.8 Å². The number of hydrogen-bond acceptors (Lipinski definition) is 4. The van der Waals surface area contributed by atoms with Gasteiger partial charge in [0, 0.05) is 18.2 Å². The Balaban J connectivity index is 1.51. The van der Waals surface area contributed by atoms with E-state index in [1.807, 2.05) is 18.3 Å². The normalized spacial score (nSPS) is 19.9. The fourth-order valence-corrected chi connectivity index (χ4v) is 3.03. The molecule has 1 aromatic carbocycles. The van der Waals surface area contributed by atoms with Gasteiger partial charge in [-0.2, -0.15) is 5.10 Å². The zero-order chi connectivity index (χ0) is 13.4. The molecule has 1 aliphatic heterocycles. The Morgan fingerprint density at radius 3 is 3.35 bits per heavy atom. The number of aryl methyl sites for hydroxylation is 1. The lowest BCUT2D eigenvalue weighted by Crippen LogP contribution is -2.25. The van der Waals surface area contributed by atoms with Gasteiger partial charge in [-0.1, -0.05) is 12.1 Å². The average molecular weight is 271 g/mol. The van der Waals surface area contributed by atoms with Crippen LogP contribution in [0.5, 0.6) is 11.5 Å². The van der Waals surface area contributed by atoms with E-state index in [1.54, 1.807) is 0 Å². The summed E-state index contributed by atoms with van der Waals surface area (Å²) in [6, 6.07) is 6.38. The largest absolute Gasteiger partial charge is 0.454 e. The summed E-state index contributed by atoms with van der Waals surface area (Å²) >= 11 is 0. The highest BCUT2D eigenvalue weighted by Gasteiger charge is 2.23. The van der Waals surface area contributed by atoms with Crippen LogP contribution in [-0.4, -0.2) is 17.0 Å². The fraction of sp³-hybridized carbons (Fsp3) is 0.400. The third-order valence-electron chi connectivity index (χ3n) is 4.06. The minimum atomic E-state index is 0.320. The lowest BCUT2D eigenvalue weighted by Gasteiger charge is -2.23. The number of para-hydroxylation sites is 1. The molecule has 2 aliphatic rings. The second-order valence-electron chi connectivity index (χ2n) is 5.29. The van der Waals surface area contributed by atoms with E-state index >= 15 is 0 Å². The standard InChI is InChI=1S/C15H17N3O2/c1-3-10-8-17-18-14(10)12(5-1)16-7-11-4-2-6-13-15(11)20-9-19-13/h2,4,6,8,12,16H,1,3,5,7,9H2,(H,17,18)/t12-/m1/s1. The molecule has 2 heterocycles. The number of aromatic nitrogens is 2. The molecule has 0 bridgehead atoms. The van der Waals surface area contributed by atoms with Gasteiger partial charge in [-0.05, 0) is 30.9 Å². The summed E-state index contributed by atoms with van der Waals surface area (Å²) < 4.78 is 11.0. The van der Waals surface area contributed by atoms with Crippen molar-refractivity contribution >= 4 is 0 Å². The Kier molecular flexibility index (Phi) is 2.85. The highest BCUT2D eigenvalue weighted by Crippen LogP contribution is 2.36. The van der Waals surface area contributed by atoms with E-state index in [1.165, 1.54) is 17.7 Å². The molecule has 2 aromatic rings. The summed E-state index contributed by atoms with van der Waals surface area (Å²) in [5, 5.41) is 10.9. The molecule has 1 aliphatic carbocycles. The van der Waals surface area contributed by atoms with Crippen molar-refractivity contribution in [3.63, 3.8) is 0 Å². The summed E-state index contributed by atoms with van der Waals surface area (Å²) in [6.07, 6.45) is 5.42. The summed E-state index contributed by atoms with van der Waals surface area (Å²) in [5.74, 6) is 1.72. The van der Waals surface area contributed by atoms with Crippen LogP contribution in [0.4, 0.5) is 0 Å². The molecule has 5 heteroatoms. The Bertz CT molecular complexity index is 623. The number of benzene rings is 1. The van der Waals surface area contributed by atoms with E-state index in [4.69, 9.17) is 9.47 Å². The molecule has 0 saturated carbocycles. The van der Waals surface area contributed by atoms with Crippen molar-refractivity contribution in [3.8, 4) is 11.5 Å². The Labute approximate surface area is 117 Å². The zero-order valence-corrected chi connectivity index (χ0v) is 11.2. The second kappa shape index (κ2) is 4.83. The second-order valence-corrected chi connectivity index (χ2v) is 5.29. The first-order chi connectivity index (χ1) is 9.92. The van der Waals surface area contributed by atoms with Gasteiger partial charge in [-0.15, -0.1) is 0 Å². The zero-order valence-electron chi connectivity index (χ0n) is 11.2. The molecule has 1 atom stereocenters. The molecule has 0 amide bonds. The van der Waals surface area contributed by atoms with Gasteiger partial charge in [0.1, 0.15) is 0 Å². The molecular weight excluding hydrogens is 254 g/mol. The van der Waals surface area contributed by atoms with Crippen molar-refractivity contribution in [3.05, 3.63) is 41.2 Å². The summed E-state index contributed by atoms with van der Waals surface area (Å²) in [4.78, 5) is 0. The third kappa shape index (κ3) is 1.94. The predicted octanol–water partition coefficient (Wildman–Crippen LogP) is 2.31. The maximum Gasteiger partial charge on any atom is 0.231 e. The SMILES string of the molecule is c1cc(CN[C@@H]2CCCc3cn[nH]c32)c2c(c1)OCO2. The van der Waals surface area contributed by atoms with Gasteiger partial charge in [0.15, 0.2) is 11.5 Å². The molecule has 104 valence electrons. The number of H-pyrrole nitrogens is 1. The first-order valence-corrected chi connectivity index (χ1v) is 7.05. The monoisotopic (exact) mass is 271 g/mol. The molecule has 0 unspecified atom stereocenters. The molecule has 20 heavy (non-hydrogen) atoms. The molecule has 0 spiro atoms. The topological polar surface area (TPSA) is 59.2 Å². The number of ether oxygens (including phenoxy) is 2. The third-order valence-corrected chi connectivity index (χ3v) is 4.06. The fourth-order valence-electron chi connectivity index (χ4n) is 3.03. The van der Waals surface area contributed by atoms with E-state index in [0.717, 1.165) is 36.4 Å². The van der Waals surface area contributed by atoms with Crippen LogP contribution in [0.2, 0.25) is 0 Å². The van der Waals surface area contributed by atoms with Crippen molar-refractivity contribution in [2.24, 2.45) is 0 Å². The molecule has 0 saturated heterocycles. The average Bonchev–Trinajstić information content (AvgIpc) is 3.13. The van der Waals surface area contributed by atoms with Crippen molar-refractivity contribution < 1.29 is 9.47 Å². The minimum Gasteiger partial charge on any atom is -0.454 e. The summed E-state index contributed by atoms with van der Waals surface area (Å²) in [7, 11) is 0. The molecule has 5 nitrogen and oxygen atoms in total. The molecule has 0 radical (unpaired) electrons. The van der Waals surface area contributed by atoms with Gasteiger partial charge >= 0.3 is 0 Å². The van der Waals surface area contributed by atoms with Gasteiger partial charge in [-0.25, -0.2) is 0 Å². The smallest absolute Gasteiger partial charge is 0.231 e. The van der Waals surface area contributed by atoms with E-state index in [9.17, 15) is 0 Å². The highest BCUT2D eigenvalue weighted by molar-refractivity contribution is 5.48. The maximum atomic E-state index is 5.54. The van der Waals surface area contributed by atoms with Crippen LogP contribution < -0.4 is 14.8 Å². The Hall–Kier alpha value is -2.01. The maximum absolute atomic E-state index is 5.54. The van der Waals surface area contributed by atoms with Gasteiger partial charge in [0.25, 0.3) is 0 Å². The first-order valence-electron chi connectivity index (χ1n) is 7.05. The lowest BCUT2D eigenvalue weighted by atomic mass is 9.93.